The average molecular weight is 299 g/mol. The van der Waals surface area contributed by atoms with Crippen molar-refractivity contribution in [2.45, 2.75) is 45.4 Å². The summed E-state index contributed by atoms with van der Waals surface area (Å²) >= 11 is 0. The summed E-state index contributed by atoms with van der Waals surface area (Å²) in [7, 11) is 0. The fourth-order valence-electron chi connectivity index (χ4n) is 3.84. The largest absolute Gasteiger partial charge is 0.507 e. The van der Waals surface area contributed by atoms with Gasteiger partial charge < -0.3 is 10.0 Å². The maximum atomic E-state index is 12.9. The van der Waals surface area contributed by atoms with E-state index in [4.69, 9.17) is 0 Å². The van der Waals surface area contributed by atoms with Crippen molar-refractivity contribution in [2.75, 3.05) is 13.1 Å². The van der Waals surface area contributed by atoms with Gasteiger partial charge in [0.05, 0.1) is 5.56 Å². The fraction of sp³-hybridized carbons (Fsp3) is 0.526. The minimum Gasteiger partial charge on any atom is -0.507 e. The SMILES string of the molecule is CCc1ccc(O)c(C(=O)N2CCCC3(CC=CCC3)C2)c1. The lowest BCUT2D eigenvalue weighted by Gasteiger charge is -2.44. The Hall–Kier alpha value is -1.77. The molecule has 1 saturated heterocycles. The molecule has 0 radical (unpaired) electrons. The molecule has 1 fully saturated rings. The molecule has 1 aliphatic heterocycles. The van der Waals surface area contributed by atoms with E-state index in [1.165, 1.54) is 12.8 Å². The van der Waals surface area contributed by atoms with Gasteiger partial charge in [0.2, 0.25) is 0 Å². The molecule has 1 amide bonds. The van der Waals surface area contributed by atoms with Gasteiger partial charge in [-0.2, -0.15) is 0 Å². The highest BCUT2D eigenvalue weighted by molar-refractivity contribution is 5.97. The number of amides is 1. The first-order valence-corrected chi connectivity index (χ1v) is 8.40. The molecule has 3 heteroatoms. The second-order valence-corrected chi connectivity index (χ2v) is 6.75. The number of hydrogen-bond acceptors (Lipinski definition) is 2. The molecule has 0 saturated carbocycles. The molecule has 3 rings (SSSR count). The summed E-state index contributed by atoms with van der Waals surface area (Å²) in [4.78, 5) is 14.8. The number of nitrogens with zero attached hydrogens (tertiary/aromatic N) is 1. The Morgan fingerprint density at radius 1 is 1.32 bits per heavy atom. The van der Waals surface area contributed by atoms with Gasteiger partial charge in [-0.3, -0.25) is 4.79 Å². The van der Waals surface area contributed by atoms with Crippen LogP contribution >= 0.6 is 0 Å². The third-order valence-electron chi connectivity index (χ3n) is 5.21. The van der Waals surface area contributed by atoms with Crippen molar-refractivity contribution in [1.29, 1.82) is 0 Å². The number of allylic oxidation sites excluding steroid dienone is 2. The molecule has 1 atom stereocenters. The third kappa shape index (κ3) is 2.90. The molecule has 0 aromatic heterocycles. The normalized spacial score (nSPS) is 24.7. The number of benzene rings is 1. The summed E-state index contributed by atoms with van der Waals surface area (Å²) < 4.78 is 0. The van der Waals surface area contributed by atoms with Crippen molar-refractivity contribution in [1.82, 2.24) is 4.90 Å². The van der Waals surface area contributed by atoms with E-state index >= 15 is 0 Å². The highest BCUT2D eigenvalue weighted by Gasteiger charge is 2.37. The summed E-state index contributed by atoms with van der Waals surface area (Å²) in [5.74, 6) is 0.0896. The molecule has 3 nitrogen and oxygen atoms in total. The van der Waals surface area contributed by atoms with E-state index in [-0.39, 0.29) is 17.1 Å². The Morgan fingerprint density at radius 3 is 2.91 bits per heavy atom. The fourth-order valence-corrected chi connectivity index (χ4v) is 3.84. The van der Waals surface area contributed by atoms with Gasteiger partial charge in [-0.15, -0.1) is 0 Å². The highest BCUT2D eigenvalue weighted by atomic mass is 16.3. The molecule has 118 valence electrons. The van der Waals surface area contributed by atoms with E-state index in [0.29, 0.717) is 5.56 Å². The number of phenolic OH excluding ortho intramolecular Hbond substituents is 1. The lowest BCUT2D eigenvalue weighted by Crippen LogP contribution is -2.46. The minimum absolute atomic E-state index is 0.0126. The van der Waals surface area contributed by atoms with Gasteiger partial charge >= 0.3 is 0 Å². The van der Waals surface area contributed by atoms with E-state index in [2.05, 4.69) is 19.1 Å². The Morgan fingerprint density at radius 2 is 2.18 bits per heavy atom. The van der Waals surface area contributed by atoms with Gasteiger partial charge in [0.15, 0.2) is 0 Å². The molecule has 1 aromatic carbocycles. The maximum absolute atomic E-state index is 12.9. The Bertz CT molecular complexity index is 593. The number of phenols is 1. The van der Waals surface area contributed by atoms with Gasteiger partial charge in [-0.1, -0.05) is 25.1 Å². The van der Waals surface area contributed by atoms with Crippen LogP contribution in [0.1, 0.15) is 54.9 Å². The van der Waals surface area contributed by atoms with Crippen LogP contribution in [0.3, 0.4) is 0 Å². The van der Waals surface area contributed by atoms with Gasteiger partial charge in [-0.05, 0) is 61.6 Å². The predicted molar refractivity (Wildman–Crippen MR) is 88.0 cm³/mol. The summed E-state index contributed by atoms with van der Waals surface area (Å²) in [6.07, 6.45) is 11.0. The second-order valence-electron chi connectivity index (χ2n) is 6.75. The van der Waals surface area contributed by atoms with Crippen molar-refractivity contribution in [3.05, 3.63) is 41.5 Å². The number of piperidine rings is 1. The van der Waals surface area contributed by atoms with E-state index in [9.17, 15) is 9.90 Å². The summed E-state index contributed by atoms with van der Waals surface area (Å²) in [6, 6.07) is 5.38. The smallest absolute Gasteiger partial charge is 0.257 e. The Balaban J connectivity index is 1.81. The van der Waals surface area contributed by atoms with E-state index in [0.717, 1.165) is 44.3 Å². The van der Waals surface area contributed by atoms with E-state index in [1.54, 1.807) is 6.07 Å². The number of likely N-dealkylation sites (tertiary alicyclic amines) is 1. The van der Waals surface area contributed by atoms with Gasteiger partial charge in [0.1, 0.15) is 5.75 Å². The highest BCUT2D eigenvalue weighted by Crippen LogP contribution is 2.41. The van der Waals surface area contributed by atoms with Crippen LogP contribution in [-0.2, 0) is 6.42 Å². The quantitative estimate of drug-likeness (QED) is 0.841. The molecule has 22 heavy (non-hydrogen) atoms. The zero-order valence-corrected chi connectivity index (χ0v) is 13.3. The first-order chi connectivity index (χ1) is 10.6. The first kappa shape index (κ1) is 15.1. The monoisotopic (exact) mass is 299 g/mol. The average Bonchev–Trinajstić information content (AvgIpc) is 2.55. The number of carbonyl (C=O) groups is 1. The van der Waals surface area contributed by atoms with Crippen LogP contribution in [0, 0.1) is 5.41 Å². The van der Waals surface area contributed by atoms with Crippen molar-refractivity contribution in [3.8, 4) is 5.75 Å². The van der Waals surface area contributed by atoms with Crippen LogP contribution < -0.4 is 0 Å². The lowest BCUT2D eigenvalue weighted by molar-refractivity contribution is 0.0481. The Labute approximate surface area is 132 Å². The summed E-state index contributed by atoms with van der Waals surface area (Å²) in [6.45, 7) is 3.69. The third-order valence-corrected chi connectivity index (χ3v) is 5.21. The zero-order chi connectivity index (χ0) is 15.6. The van der Waals surface area contributed by atoms with Crippen LogP contribution in [0.25, 0.3) is 0 Å². The minimum atomic E-state index is -0.0126. The maximum Gasteiger partial charge on any atom is 0.257 e. The topological polar surface area (TPSA) is 40.5 Å². The van der Waals surface area contributed by atoms with Crippen molar-refractivity contribution in [3.63, 3.8) is 0 Å². The van der Waals surface area contributed by atoms with Crippen LogP contribution in [0.5, 0.6) is 5.75 Å². The van der Waals surface area contributed by atoms with Gasteiger partial charge in [0, 0.05) is 13.1 Å². The number of rotatable bonds is 2. The first-order valence-electron chi connectivity index (χ1n) is 8.40. The van der Waals surface area contributed by atoms with Crippen LogP contribution in [0.4, 0.5) is 0 Å². The van der Waals surface area contributed by atoms with Crippen LogP contribution in [-0.4, -0.2) is 29.0 Å². The molecule has 1 unspecified atom stereocenters. The van der Waals surface area contributed by atoms with E-state index in [1.807, 2.05) is 17.0 Å². The van der Waals surface area contributed by atoms with Crippen molar-refractivity contribution < 1.29 is 9.90 Å². The molecule has 1 aliphatic carbocycles. The molecular formula is C19H25NO2. The van der Waals surface area contributed by atoms with Crippen molar-refractivity contribution >= 4 is 5.91 Å². The molecule has 1 N–H and O–H groups in total. The zero-order valence-electron chi connectivity index (χ0n) is 13.3. The van der Waals surface area contributed by atoms with E-state index < -0.39 is 0 Å². The summed E-state index contributed by atoms with van der Waals surface area (Å²) in [5, 5.41) is 10.1. The molecule has 1 aromatic rings. The van der Waals surface area contributed by atoms with Gasteiger partial charge in [0.25, 0.3) is 5.91 Å². The molecule has 0 bridgehead atoms. The number of carbonyl (C=O) groups excluding carboxylic acids is 1. The van der Waals surface area contributed by atoms with Crippen LogP contribution in [0.2, 0.25) is 0 Å². The number of aryl methyl sites for hydroxylation is 1. The number of hydrogen-bond donors (Lipinski definition) is 1. The molecular weight excluding hydrogens is 274 g/mol. The molecule has 1 heterocycles. The Kier molecular flexibility index (Phi) is 4.23. The number of aromatic hydroxyl groups is 1. The molecule has 2 aliphatic rings. The second kappa shape index (κ2) is 6.15. The van der Waals surface area contributed by atoms with Crippen LogP contribution in [0.15, 0.2) is 30.4 Å². The predicted octanol–water partition coefficient (Wildman–Crippen LogP) is 3.92. The summed E-state index contributed by atoms with van der Waals surface area (Å²) in [5.41, 5.74) is 1.82. The standard InChI is InChI=1S/C19H25NO2/c1-2-15-7-8-17(21)16(13-15)18(22)20-12-6-11-19(14-20)9-4-3-5-10-19/h3-4,7-8,13,21H,2,5-6,9-12,14H2,1H3. The molecule has 1 spiro atoms. The lowest BCUT2D eigenvalue weighted by atomic mass is 9.71. The van der Waals surface area contributed by atoms with Gasteiger partial charge in [-0.25, -0.2) is 0 Å². The van der Waals surface area contributed by atoms with Crippen molar-refractivity contribution in [2.24, 2.45) is 5.41 Å².